The van der Waals surface area contributed by atoms with Crippen LogP contribution in [0.1, 0.15) is 31.2 Å². The summed E-state index contributed by atoms with van der Waals surface area (Å²) in [6, 6.07) is 7.82. The van der Waals surface area contributed by atoms with Crippen LogP contribution in [0.4, 0.5) is 0 Å². The lowest BCUT2D eigenvalue weighted by molar-refractivity contribution is -0.122. The van der Waals surface area contributed by atoms with Gasteiger partial charge in [0.25, 0.3) is 0 Å². The van der Waals surface area contributed by atoms with Gasteiger partial charge in [-0.15, -0.1) is 12.4 Å². The van der Waals surface area contributed by atoms with E-state index in [2.05, 4.69) is 10.6 Å². The number of likely N-dealkylation sites (N-methyl/N-ethyl adjacent to an activating group) is 1. The first-order valence-corrected chi connectivity index (χ1v) is 6.76. The van der Waals surface area contributed by atoms with Crippen LogP contribution in [0.5, 0.6) is 0 Å². The predicted molar refractivity (Wildman–Crippen MR) is 80.9 cm³/mol. The molecule has 0 aromatic heterocycles. The van der Waals surface area contributed by atoms with Gasteiger partial charge in [0.1, 0.15) is 0 Å². The lowest BCUT2D eigenvalue weighted by atomic mass is 9.88. The van der Waals surface area contributed by atoms with Crippen molar-refractivity contribution in [1.29, 1.82) is 0 Å². The molecule has 1 saturated carbocycles. The third-order valence-corrected chi connectivity index (χ3v) is 3.82. The van der Waals surface area contributed by atoms with E-state index < -0.39 is 0 Å². The number of carbonyl (C=O) groups is 1. The zero-order chi connectivity index (χ0) is 13.0. The van der Waals surface area contributed by atoms with Crippen molar-refractivity contribution in [3.05, 3.63) is 34.9 Å². The second-order valence-corrected chi connectivity index (χ2v) is 5.31. The van der Waals surface area contributed by atoms with Crippen LogP contribution in [0.25, 0.3) is 0 Å². The van der Waals surface area contributed by atoms with E-state index in [1.54, 1.807) is 7.05 Å². The van der Waals surface area contributed by atoms with Crippen LogP contribution in [-0.4, -0.2) is 19.5 Å². The Balaban J connectivity index is 0.00000180. The van der Waals surface area contributed by atoms with Crippen molar-refractivity contribution in [3.63, 3.8) is 0 Å². The summed E-state index contributed by atoms with van der Waals surface area (Å²) in [7, 11) is 1.78. The van der Waals surface area contributed by atoms with Crippen molar-refractivity contribution in [2.75, 3.05) is 13.6 Å². The van der Waals surface area contributed by atoms with Crippen molar-refractivity contribution < 1.29 is 4.79 Å². The second kappa shape index (κ2) is 7.13. The summed E-state index contributed by atoms with van der Waals surface area (Å²) >= 11 is 5.92. The van der Waals surface area contributed by atoms with Crippen molar-refractivity contribution in [3.8, 4) is 0 Å². The highest BCUT2D eigenvalue weighted by Crippen LogP contribution is 2.38. The monoisotopic (exact) mass is 302 g/mol. The Morgan fingerprint density at radius 1 is 1.26 bits per heavy atom. The van der Waals surface area contributed by atoms with Gasteiger partial charge in [-0.1, -0.05) is 36.6 Å². The SMILES string of the molecule is CNCC(=O)NC1(c2ccc(Cl)cc2)CCCC1.Cl. The lowest BCUT2D eigenvalue weighted by Crippen LogP contribution is -2.46. The molecule has 0 atom stereocenters. The van der Waals surface area contributed by atoms with Gasteiger partial charge in [0, 0.05) is 5.02 Å². The van der Waals surface area contributed by atoms with E-state index in [4.69, 9.17) is 11.6 Å². The van der Waals surface area contributed by atoms with E-state index in [1.807, 2.05) is 24.3 Å². The molecule has 1 aliphatic carbocycles. The van der Waals surface area contributed by atoms with E-state index in [-0.39, 0.29) is 23.9 Å². The van der Waals surface area contributed by atoms with Crippen molar-refractivity contribution >= 4 is 29.9 Å². The van der Waals surface area contributed by atoms with Gasteiger partial charge in [0.15, 0.2) is 0 Å². The number of hydrogen-bond donors (Lipinski definition) is 2. The summed E-state index contributed by atoms with van der Waals surface area (Å²) in [5, 5.41) is 6.80. The fraction of sp³-hybridized carbons (Fsp3) is 0.500. The molecule has 2 rings (SSSR count). The Morgan fingerprint density at radius 2 is 1.84 bits per heavy atom. The number of carbonyl (C=O) groups excluding carboxylic acids is 1. The molecule has 1 aliphatic rings. The highest BCUT2D eigenvalue weighted by Gasteiger charge is 2.36. The maximum atomic E-state index is 11.8. The molecular formula is C14H20Cl2N2O. The Hall–Kier alpha value is -0.770. The van der Waals surface area contributed by atoms with E-state index in [0.717, 1.165) is 36.3 Å². The van der Waals surface area contributed by atoms with E-state index in [1.165, 1.54) is 0 Å². The summed E-state index contributed by atoms with van der Waals surface area (Å²) in [6.07, 6.45) is 4.32. The number of amides is 1. The summed E-state index contributed by atoms with van der Waals surface area (Å²) in [5.41, 5.74) is 0.965. The largest absolute Gasteiger partial charge is 0.345 e. The third kappa shape index (κ3) is 3.85. The van der Waals surface area contributed by atoms with Crippen molar-refractivity contribution in [2.24, 2.45) is 0 Å². The smallest absolute Gasteiger partial charge is 0.234 e. The van der Waals surface area contributed by atoms with Gasteiger partial charge in [-0.25, -0.2) is 0 Å². The van der Waals surface area contributed by atoms with E-state index >= 15 is 0 Å². The average Bonchev–Trinajstić information content (AvgIpc) is 2.79. The first-order chi connectivity index (χ1) is 8.66. The average molecular weight is 303 g/mol. The number of nitrogens with one attached hydrogen (secondary N) is 2. The number of benzene rings is 1. The molecular weight excluding hydrogens is 283 g/mol. The Bertz CT molecular complexity index is 414. The minimum atomic E-state index is -0.196. The molecule has 106 valence electrons. The van der Waals surface area contributed by atoms with Crippen LogP contribution in [0.3, 0.4) is 0 Å². The molecule has 0 radical (unpaired) electrons. The maximum Gasteiger partial charge on any atom is 0.234 e. The highest BCUT2D eigenvalue weighted by molar-refractivity contribution is 6.30. The van der Waals surface area contributed by atoms with Gasteiger partial charge in [0.05, 0.1) is 12.1 Å². The molecule has 1 aromatic carbocycles. The summed E-state index contributed by atoms with van der Waals surface area (Å²) in [5.74, 6) is 0.0503. The maximum absolute atomic E-state index is 11.8. The standard InChI is InChI=1S/C14H19ClN2O.ClH/c1-16-10-13(18)17-14(8-2-3-9-14)11-4-6-12(15)7-5-11;/h4-7,16H,2-3,8-10H2,1H3,(H,17,18);1H. The third-order valence-electron chi connectivity index (χ3n) is 3.57. The molecule has 5 heteroatoms. The molecule has 0 bridgehead atoms. The fourth-order valence-corrected chi connectivity index (χ4v) is 2.83. The molecule has 19 heavy (non-hydrogen) atoms. The van der Waals surface area contributed by atoms with Gasteiger partial charge in [-0.2, -0.15) is 0 Å². The van der Waals surface area contributed by atoms with Gasteiger partial charge in [0.2, 0.25) is 5.91 Å². The Kier molecular flexibility index (Phi) is 6.11. The van der Waals surface area contributed by atoms with Crippen molar-refractivity contribution in [2.45, 2.75) is 31.2 Å². The van der Waals surface area contributed by atoms with E-state index in [0.29, 0.717) is 6.54 Å². The highest BCUT2D eigenvalue weighted by atomic mass is 35.5. The fourth-order valence-electron chi connectivity index (χ4n) is 2.70. The normalized spacial score (nSPS) is 16.7. The minimum absolute atomic E-state index is 0. The summed E-state index contributed by atoms with van der Waals surface area (Å²) in [6.45, 7) is 0.356. The van der Waals surface area contributed by atoms with Gasteiger partial charge in [-0.3, -0.25) is 4.79 Å². The first kappa shape index (κ1) is 16.3. The molecule has 0 aliphatic heterocycles. The predicted octanol–water partition coefficient (Wildman–Crippen LogP) is 2.87. The van der Waals surface area contributed by atoms with Gasteiger partial charge in [-0.05, 0) is 37.6 Å². The minimum Gasteiger partial charge on any atom is -0.345 e. The Morgan fingerprint density at radius 3 is 2.37 bits per heavy atom. The lowest BCUT2D eigenvalue weighted by Gasteiger charge is -2.31. The van der Waals surface area contributed by atoms with Crippen LogP contribution in [0.2, 0.25) is 5.02 Å². The van der Waals surface area contributed by atoms with Gasteiger partial charge < -0.3 is 10.6 Å². The summed E-state index contributed by atoms with van der Waals surface area (Å²) < 4.78 is 0. The Labute approximate surface area is 125 Å². The molecule has 3 nitrogen and oxygen atoms in total. The van der Waals surface area contributed by atoms with Crippen molar-refractivity contribution in [1.82, 2.24) is 10.6 Å². The topological polar surface area (TPSA) is 41.1 Å². The number of hydrogen-bond acceptors (Lipinski definition) is 2. The molecule has 1 aromatic rings. The molecule has 2 N–H and O–H groups in total. The molecule has 1 amide bonds. The molecule has 0 heterocycles. The quantitative estimate of drug-likeness (QED) is 0.898. The molecule has 1 fully saturated rings. The molecule has 0 saturated heterocycles. The second-order valence-electron chi connectivity index (χ2n) is 4.87. The van der Waals surface area contributed by atoms with Crippen LogP contribution in [0, 0.1) is 0 Å². The number of rotatable bonds is 4. The number of halogens is 2. The van der Waals surface area contributed by atoms with Crippen LogP contribution in [0.15, 0.2) is 24.3 Å². The van der Waals surface area contributed by atoms with Crippen LogP contribution in [-0.2, 0) is 10.3 Å². The van der Waals surface area contributed by atoms with Crippen LogP contribution < -0.4 is 10.6 Å². The zero-order valence-corrected chi connectivity index (χ0v) is 12.6. The van der Waals surface area contributed by atoms with E-state index in [9.17, 15) is 4.79 Å². The molecule has 0 spiro atoms. The van der Waals surface area contributed by atoms with Gasteiger partial charge >= 0.3 is 0 Å². The zero-order valence-electron chi connectivity index (χ0n) is 11.0. The summed E-state index contributed by atoms with van der Waals surface area (Å²) in [4.78, 5) is 11.8. The molecule has 0 unspecified atom stereocenters. The van der Waals surface area contributed by atoms with Crippen LogP contribution >= 0.6 is 24.0 Å². The first-order valence-electron chi connectivity index (χ1n) is 6.38.